The van der Waals surface area contributed by atoms with Crippen LogP contribution < -0.4 is 5.32 Å². The Morgan fingerprint density at radius 2 is 1.96 bits per heavy atom. The predicted molar refractivity (Wildman–Crippen MR) is 95.2 cm³/mol. The summed E-state index contributed by atoms with van der Waals surface area (Å²) in [5.41, 5.74) is -1.69. The number of hydrogen-bond donors (Lipinski definition) is 1. The molecule has 0 saturated carbocycles. The number of carbonyl (C=O) groups excluding carboxylic acids is 3. The summed E-state index contributed by atoms with van der Waals surface area (Å²) in [6.45, 7) is 9.45. The van der Waals surface area contributed by atoms with Gasteiger partial charge >= 0.3 is 6.09 Å². The first-order chi connectivity index (χ1) is 11.8. The molecule has 0 radical (unpaired) electrons. The van der Waals surface area contributed by atoms with Gasteiger partial charge in [0.25, 0.3) is 5.91 Å². The smallest absolute Gasteiger partial charge is 0.412 e. The van der Waals surface area contributed by atoms with Gasteiger partial charge in [0.1, 0.15) is 11.3 Å². The molecule has 148 valence electrons. The number of rotatable bonds is 3. The Labute approximate surface area is 155 Å². The molecule has 2 rings (SSSR count). The minimum Gasteiger partial charge on any atom is -0.444 e. The van der Waals surface area contributed by atoms with Crippen molar-refractivity contribution in [3.8, 4) is 0 Å². The number of likely N-dealkylation sites (N-methyl/N-ethyl adjacent to an activating group) is 1. The highest BCUT2D eigenvalue weighted by molar-refractivity contribution is 5.84. The monoisotopic (exact) mass is 369 g/mol. The van der Waals surface area contributed by atoms with E-state index in [1.807, 2.05) is 0 Å². The highest BCUT2D eigenvalue weighted by Crippen LogP contribution is 2.38. The third-order valence-electron chi connectivity index (χ3n) is 4.64. The molecule has 1 N–H and O–H groups in total. The summed E-state index contributed by atoms with van der Waals surface area (Å²) in [6, 6.07) is -0.566. The quantitative estimate of drug-likeness (QED) is 0.811. The van der Waals surface area contributed by atoms with Crippen molar-refractivity contribution in [2.75, 3.05) is 20.6 Å². The van der Waals surface area contributed by atoms with Gasteiger partial charge in [-0.05, 0) is 47.5 Å². The summed E-state index contributed by atoms with van der Waals surface area (Å²) in [7, 11) is 3.29. The second kappa shape index (κ2) is 7.06. The van der Waals surface area contributed by atoms with Crippen molar-refractivity contribution in [1.82, 2.24) is 15.1 Å². The summed E-state index contributed by atoms with van der Waals surface area (Å²) in [4.78, 5) is 40.5. The van der Waals surface area contributed by atoms with Crippen LogP contribution in [0.15, 0.2) is 0 Å². The van der Waals surface area contributed by atoms with E-state index < -0.39 is 29.6 Å². The maximum Gasteiger partial charge on any atom is 0.412 e. The van der Waals surface area contributed by atoms with E-state index in [2.05, 4.69) is 5.32 Å². The van der Waals surface area contributed by atoms with E-state index in [1.54, 1.807) is 48.7 Å². The van der Waals surface area contributed by atoms with Gasteiger partial charge in [-0.3, -0.25) is 14.5 Å². The van der Waals surface area contributed by atoms with E-state index in [-0.39, 0.29) is 17.7 Å². The predicted octanol–water partition coefficient (Wildman–Crippen LogP) is 1.34. The first-order valence-corrected chi connectivity index (χ1v) is 9.02. The van der Waals surface area contributed by atoms with Crippen LogP contribution in [0.2, 0.25) is 0 Å². The van der Waals surface area contributed by atoms with E-state index in [4.69, 9.17) is 9.47 Å². The summed E-state index contributed by atoms with van der Waals surface area (Å²) in [5, 5.41) is 2.80. The molecule has 0 aromatic heterocycles. The largest absolute Gasteiger partial charge is 0.444 e. The third-order valence-corrected chi connectivity index (χ3v) is 4.64. The lowest BCUT2D eigenvalue weighted by Crippen LogP contribution is -2.52. The molecule has 0 bridgehead atoms. The molecule has 3 atom stereocenters. The van der Waals surface area contributed by atoms with Crippen molar-refractivity contribution in [2.24, 2.45) is 5.92 Å². The number of nitrogens with zero attached hydrogens (tertiary/aromatic N) is 2. The summed E-state index contributed by atoms with van der Waals surface area (Å²) >= 11 is 0. The lowest BCUT2D eigenvalue weighted by Gasteiger charge is -2.35. The van der Waals surface area contributed by atoms with Gasteiger partial charge in [0.2, 0.25) is 5.91 Å². The number of hydrogen-bond acceptors (Lipinski definition) is 5. The fraction of sp³-hybridized carbons (Fsp3) is 0.833. The molecule has 26 heavy (non-hydrogen) atoms. The molecule has 2 aliphatic heterocycles. The van der Waals surface area contributed by atoms with Crippen LogP contribution in [0.5, 0.6) is 0 Å². The van der Waals surface area contributed by atoms with Crippen LogP contribution in [0.3, 0.4) is 0 Å². The molecule has 2 heterocycles. The van der Waals surface area contributed by atoms with Gasteiger partial charge in [-0.15, -0.1) is 0 Å². The number of ether oxygens (including phenoxy) is 2. The molecule has 0 aromatic carbocycles. The van der Waals surface area contributed by atoms with Crippen LogP contribution in [0.4, 0.5) is 4.79 Å². The van der Waals surface area contributed by atoms with Gasteiger partial charge in [-0.1, -0.05) is 0 Å². The second-order valence-corrected chi connectivity index (χ2v) is 8.65. The summed E-state index contributed by atoms with van der Waals surface area (Å²) in [5.74, 6) is -0.526. The lowest BCUT2D eigenvalue weighted by molar-refractivity contribution is -0.146. The van der Waals surface area contributed by atoms with E-state index in [9.17, 15) is 14.4 Å². The Morgan fingerprint density at radius 1 is 1.35 bits per heavy atom. The van der Waals surface area contributed by atoms with Gasteiger partial charge in [0.15, 0.2) is 6.10 Å². The topological polar surface area (TPSA) is 88.2 Å². The fourth-order valence-corrected chi connectivity index (χ4v) is 3.51. The third kappa shape index (κ3) is 4.28. The van der Waals surface area contributed by atoms with Gasteiger partial charge in [0.05, 0.1) is 6.04 Å². The maximum atomic E-state index is 12.9. The van der Waals surface area contributed by atoms with Crippen LogP contribution >= 0.6 is 0 Å². The molecule has 1 unspecified atom stereocenters. The van der Waals surface area contributed by atoms with Gasteiger partial charge < -0.3 is 19.7 Å². The van der Waals surface area contributed by atoms with E-state index in [0.29, 0.717) is 19.4 Å². The molecule has 8 heteroatoms. The zero-order chi connectivity index (χ0) is 19.9. The highest BCUT2D eigenvalue weighted by Gasteiger charge is 2.55. The zero-order valence-electron chi connectivity index (χ0n) is 16.8. The second-order valence-electron chi connectivity index (χ2n) is 8.65. The Bertz CT molecular complexity index is 582. The SMILES string of the molecule is CN(C)C(=O)C1OC(C)(C)N(C(=O)OC(C)(C)C)[C@H]1C[C@@H]1CCNC1=O. The Hall–Kier alpha value is -1.83. The van der Waals surface area contributed by atoms with Crippen molar-refractivity contribution < 1.29 is 23.9 Å². The Kier molecular flexibility index (Phi) is 5.56. The number of nitrogens with one attached hydrogen (secondary N) is 1. The zero-order valence-corrected chi connectivity index (χ0v) is 16.8. The van der Waals surface area contributed by atoms with E-state index >= 15 is 0 Å². The molecule has 2 saturated heterocycles. The highest BCUT2D eigenvalue weighted by atomic mass is 16.6. The number of carbonyl (C=O) groups is 3. The summed E-state index contributed by atoms with van der Waals surface area (Å²) < 4.78 is 11.5. The summed E-state index contributed by atoms with van der Waals surface area (Å²) in [6.07, 6.45) is -0.333. The van der Waals surface area contributed by atoms with Crippen LogP contribution in [0.25, 0.3) is 0 Å². The van der Waals surface area contributed by atoms with Crippen molar-refractivity contribution >= 4 is 17.9 Å². The van der Waals surface area contributed by atoms with Crippen molar-refractivity contribution in [1.29, 1.82) is 0 Å². The first kappa shape index (κ1) is 20.5. The molecule has 2 aliphatic rings. The molecular formula is C18H31N3O5. The van der Waals surface area contributed by atoms with Gasteiger partial charge in [0, 0.05) is 26.6 Å². The van der Waals surface area contributed by atoms with Gasteiger partial charge in [-0.2, -0.15) is 0 Å². The van der Waals surface area contributed by atoms with Crippen LogP contribution in [0.1, 0.15) is 47.5 Å². The molecule has 8 nitrogen and oxygen atoms in total. The van der Waals surface area contributed by atoms with Gasteiger partial charge in [-0.25, -0.2) is 4.79 Å². The van der Waals surface area contributed by atoms with Crippen LogP contribution in [0, 0.1) is 5.92 Å². The van der Waals surface area contributed by atoms with Crippen LogP contribution in [-0.4, -0.2) is 71.8 Å². The van der Waals surface area contributed by atoms with Crippen molar-refractivity contribution in [3.63, 3.8) is 0 Å². The molecule has 0 aliphatic carbocycles. The standard InChI is InChI=1S/C18H31N3O5/c1-17(2,3)26-16(24)21-12(10-11-8-9-19-14(11)22)13(15(23)20(6)7)25-18(21,4)5/h11-13H,8-10H2,1-7H3,(H,19,22)/t11-,12-,13?/m0/s1. The molecule has 0 aromatic rings. The molecule has 2 fully saturated rings. The fourth-order valence-electron chi connectivity index (χ4n) is 3.51. The average molecular weight is 369 g/mol. The van der Waals surface area contributed by atoms with E-state index in [1.165, 1.54) is 9.80 Å². The Morgan fingerprint density at radius 3 is 2.42 bits per heavy atom. The maximum absolute atomic E-state index is 12.9. The molecule has 3 amide bonds. The molecule has 0 spiro atoms. The van der Waals surface area contributed by atoms with Crippen LogP contribution in [-0.2, 0) is 19.1 Å². The minimum atomic E-state index is -1.02. The lowest BCUT2D eigenvalue weighted by atomic mass is 9.94. The van der Waals surface area contributed by atoms with Crippen molar-refractivity contribution in [3.05, 3.63) is 0 Å². The molecular weight excluding hydrogens is 338 g/mol. The average Bonchev–Trinajstić information content (AvgIpc) is 2.97. The minimum absolute atomic E-state index is 0.0464. The first-order valence-electron chi connectivity index (χ1n) is 9.02. The van der Waals surface area contributed by atoms with E-state index in [0.717, 1.165) is 0 Å². The Balaban J connectivity index is 2.34. The van der Waals surface area contributed by atoms with Crippen molar-refractivity contribution in [2.45, 2.75) is 70.9 Å². The normalized spacial score (nSPS) is 28.0. The number of amides is 3.